The zero-order valence-electron chi connectivity index (χ0n) is 15.5. The second-order valence-electron chi connectivity index (χ2n) is 6.53. The van der Waals surface area contributed by atoms with E-state index in [1.807, 2.05) is 13.8 Å². The van der Waals surface area contributed by atoms with E-state index in [1.54, 1.807) is 53.9 Å². The number of nitrogens with one attached hydrogen (secondary N) is 1. The summed E-state index contributed by atoms with van der Waals surface area (Å²) < 4.78 is 54.1. The van der Waals surface area contributed by atoms with Gasteiger partial charge in [-0.1, -0.05) is 41.5 Å². The Kier molecular flexibility index (Phi) is 6.04. The fourth-order valence-corrected chi connectivity index (χ4v) is 6.65. The molecule has 1 heterocycles. The lowest BCUT2D eigenvalue weighted by atomic mass is 10.2. The molecular weight excluding hydrogens is 414 g/mol. The molecule has 0 aliphatic carbocycles. The van der Waals surface area contributed by atoms with E-state index in [4.69, 9.17) is 0 Å². The molecule has 0 amide bonds. The summed E-state index contributed by atoms with van der Waals surface area (Å²) in [7, 11) is -7.59. The van der Waals surface area contributed by atoms with E-state index in [1.165, 1.54) is 23.5 Å². The number of thiophene rings is 1. The van der Waals surface area contributed by atoms with E-state index >= 15 is 0 Å². The van der Waals surface area contributed by atoms with Crippen molar-refractivity contribution in [2.75, 3.05) is 6.54 Å². The van der Waals surface area contributed by atoms with Crippen molar-refractivity contribution in [3.05, 3.63) is 82.0 Å². The van der Waals surface area contributed by atoms with Gasteiger partial charge in [-0.2, -0.15) is 0 Å². The highest BCUT2D eigenvalue weighted by Gasteiger charge is 2.31. The molecule has 1 N–H and O–H groups in total. The average molecular weight is 436 g/mol. The van der Waals surface area contributed by atoms with Crippen LogP contribution in [0.15, 0.2) is 75.8 Å². The molecule has 2 aromatic carbocycles. The zero-order chi connectivity index (χ0) is 20.4. The van der Waals surface area contributed by atoms with Gasteiger partial charge >= 0.3 is 0 Å². The van der Waals surface area contributed by atoms with Gasteiger partial charge < -0.3 is 0 Å². The predicted molar refractivity (Wildman–Crippen MR) is 112 cm³/mol. The van der Waals surface area contributed by atoms with Crippen molar-refractivity contribution >= 4 is 31.2 Å². The Morgan fingerprint density at radius 1 is 0.821 bits per heavy atom. The van der Waals surface area contributed by atoms with Crippen molar-refractivity contribution in [3.63, 3.8) is 0 Å². The highest BCUT2D eigenvalue weighted by Crippen LogP contribution is 2.32. The van der Waals surface area contributed by atoms with Crippen LogP contribution in [0.5, 0.6) is 0 Å². The van der Waals surface area contributed by atoms with Gasteiger partial charge in [0.05, 0.1) is 9.79 Å². The Balaban J connectivity index is 1.91. The quantitative estimate of drug-likeness (QED) is 0.611. The smallest absolute Gasteiger partial charge is 0.223 e. The molecule has 1 atom stereocenters. The van der Waals surface area contributed by atoms with Crippen LogP contribution >= 0.6 is 11.3 Å². The molecule has 5 nitrogen and oxygen atoms in total. The van der Waals surface area contributed by atoms with Crippen LogP contribution in [-0.2, 0) is 19.9 Å². The van der Waals surface area contributed by atoms with Crippen LogP contribution in [0.3, 0.4) is 0 Å². The molecule has 1 unspecified atom stereocenters. The molecule has 0 bridgehead atoms. The second kappa shape index (κ2) is 8.16. The van der Waals surface area contributed by atoms with Crippen molar-refractivity contribution in [3.8, 4) is 0 Å². The molecule has 8 heteroatoms. The molecule has 0 saturated carbocycles. The Morgan fingerprint density at radius 2 is 1.36 bits per heavy atom. The van der Waals surface area contributed by atoms with Crippen molar-refractivity contribution in [1.29, 1.82) is 0 Å². The summed E-state index contributed by atoms with van der Waals surface area (Å²) >= 11 is 1.29. The Bertz CT molecular complexity index is 1130. The van der Waals surface area contributed by atoms with E-state index in [0.717, 1.165) is 11.1 Å². The SMILES string of the molecule is Cc1ccc(S(=O)(=O)NCC(c2cccs2)S(=O)(=O)c2ccc(C)cc2)cc1. The van der Waals surface area contributed by atoms with E-state index in [-0.39, 0.29) is 16.3 Å². The largest absolute Gasteiger partial charge is 0.240 e. The van der Waals surface area contributed by atoms with Crippen LogP contribution in [0.1, 0.15) is 21.3 Å². The van der Waals surface area contributed by atoms with Gasteiger partial charge in [-0.25, -0.2) is 21.6 Å². The molecule has 1 aromatic heterocycles. The third-order valence-electron chi connectivity index (χ3n) is 4.37. The van der Waals surface area contributed by atoms with Crippen LogP contribution < -0.4 is 4.72 Å². The van der Waals surface area contributed by atoms with Crippen LogP contribution in [0.25, 0.3) is 0 Å². The van der Waals surface area contributed by atoms with E-state index in [2.05, 4.69) is 4.72 Å². The topological polar surface area (TPSA) is 80.3 Å². The maximum absolute atomic E-state index is 13.2. The molecule has 0 spiro atoms. The highest BCUT2D eigenvalue weighted by atomic mass is 32.2. The molecule has 148 valence electrons. The number of hydrogen-bond donors (Lipinski definition) is 1. The summed E-state index contributed by atoms with van der Waals surface area (Å²) in [5, 5.41) is 0.775. The summed E-state index contributed by atoms with van der Waals surface area (Å²) in [6, 6.07) is 16.5. The van der Waals surface area contributed by atoms with Crippen LogP contribution in [0, 0.1) is 13.8 Å². The molecule has 3 rings (SSSR count). The van der Waals surface area contributed by atoms with Gasteiger partial charge in [-0.3, -0.25) is 0 Å². The maximum atomic E-state index is 13.2. The first kappa shape index (κ1) is 20.7. The lowest BCUT2D eigenvalue weighted by Crippen LogP contribution is -2.31. The average Bonchev–Trinajstić information content (AvgIpc) is 3.16. The first-order chi connectivity index (χ1) is 13.2. The minimum atomic E-state index is -3.82. The number of hydrogen-bond acceptors (Lipinski definition) is 5. The predicted octanol–water partition coefficient (Wildman–Crippen LogP) is 3.86. The van der Waals surface area contributed by atoms with Gasteiger partial charge in [0.15, 0.2) is 9.84 Å². The molecule has 0 fully saturated rings. The van der Waals surface area contributed by atoms with Gasteiger partial charge in [-0.15, -0.1) is 11.3 Å². The van der Waals surface area contributed by atoms with Crippen molar-refractivity contribution < 1.29 is 16.8 Å². The number of benzene rings is 2. The first-order valence-corrected chi connectivity index (χ1v) is 12.5. The molecular formula is C20H21NO4S3. The Hall–Kier alpha value is -2.00. The summed E-state index contributed by atoms with van der Waals surface area (Å²) in [6.07, 6.45) is 0. The molecule has 0 aliphatic rings. The third kappa shape index (κ3) is 4.52. The third-order valence-corrected chi connectivity index (χ3v) is 9.05. The molecule has 3 aromatic rings. The minimum Gasteiger partial charge on any atom is -0.223 e. The monoisotopic (exact) mass is 435 g/mol. The molecule has 0 radical (unpaired) electrons. The van der Waals surface area contributed by atoms with Crippen molar-refractivity contribution in [2.24, 2.45) is 0 Å². The van der Waals surface area contributed by atoms with Crippen LogP contribution in [0.2, 0.25) is 0 Å². The van der Waals surface area contributed by atoms with Crippen molar-refractivity contribution in [2.45, 2.75) is 28.9 Å². The summed E-state index contributed by atoms with van der Waals surface area (Å²) in [5.74, 6) is 0. The highest BCUT2D eigenvalue weighted by molar-refractivity contribution is 7.92. The minimum absolute atomic E-state index is 0.107. The van der Waals surface area contributed by atoms with Gasteiger partial charge in [0.25, 0.3) is 0 Å². The fourth-order valence-electron chi connectivity index (χ4n) is 2.72. The normalized spacial score (nSPS) is 13.4. The lowest BCUT2D eigenvalue weighted by molar-refractivity contribution is 0.569. The molecule has 0 aliphatic heterocycles. The summed E-state index contributed by atoms with van der Waals surface area (Å²) in [6.45, 7) is 3.50. The van der Waals surface area contributed by atoms with Gasteiger partial charge in [-0.05, 0) is 49.6 Å². The zero-order valence-corrected chi connectivity index (χ0v) is 17.9. The standard InChI is InChI=1S/C20H21NO4S3/c1-15-5-9-17(10-6-15)27(22,23)20(19-4-3-13-26-19)14-21-28(24,25)18-11-7-16(2)8-12-18/h3-13,20-21H,14H2,1-2H3. The van der Waals surface area contributed by atoms with Gasteiger partial charge in [0, 0.05) is 11.4 Å². The maximum Gasteiger partial charge on any atom is 0.240 e. The van der Waals surface area contributed by atoms with Gasteiger partial charge in [0.2, 0.25) is 10.0 Å². The molecule has 0 saturated heterocycles. The number of sulfone groups is 1. The van der Waals surface area contributed by atoms with E-state index in [9.17, 15) is 16.8 Å². The lowest BCUT2D eigenvalue weighted by Gasteiger charge is -2.18. The van der Waals surface area contributed by atoms with E-state index in [0.29, 0.717) is 4.88 Å². The number of aryl methyl sites for hydroxylation is 2. The van der Waals surface area contributed by atoms with Crippen molar-refractivity contribution in [1.82, 2.24) is 4.72 Å². The summed E-state index contributed by atoms with van der Waals surface area (Å²) in [4.78, 5) is 0.869. The van der Waals surface area contributed by atoms with Crippen LogP contribution in [-0.4, -0.2) is 23.4 Å². The number of rotatable bonds is 7. The number of sulfonamides is 1. The summed E-state index contributed by atoms with van der Waals surface area (Å²) in [5.41, 5.74) is 1.89. The fraction of sp³-hybridized carbons (Fsp3) is 0.200. The Morgan fingerprint density at radius 3 is 1.86 bits per heavy atom. The van der Waals surface area contributed by atoms with Crippen LogP contribution in [0.4, 0.5) is 0 Å². The van der Waals surface area contributed by atoms with E-state index < -0.39 is 25.1 Å². The van der Waals surface area contributed by atoms with Gasteiger partial charge in [0.1, 0.15) is 5.25 Å². The Labute approximate surface area is 170 Å². The second-order valence-corrected chi connectivity index (χ2v) is 11.4. The first-order valence-electron chi connectivity index (χ1n) is 8.60. The molecule has 28 heavy (non-hydrogen) atoms.